The van der Waals surface area contributed by atoms with Gasteiger partial charge in [0.1, 0.15) is 11.7 Å². The van der Waals surface area contributed by atoms with Crippen LogP contribution in [0.2, 0.25) is 0 Å². The molecule has 0 radical (unpaired) electrons. The van der Waals surface area contributed by atoms with Crippen molar-refractivity contribution in [3.8, 4) is 17.9 Å². The summed E-state index contributed by atoms with van der Waals surface area (Å²) in [5, 5.41) is 24.3. The average molecular weight is 370 g/mol. The highest BCUT2D eigenvalue weighted by Gasteiger charge is 2.44. The van der Waals surface area contributed by atoms with Gasteiger partial charge in [0.05, 0.1) is 41.3 Å². The van der Waals surface area contributed by atoms with Gasteiger partial charge in [0, 0.05) is 5.41 Å². The van der Waals surface area contributed by atoms with Gasteiger partial charge in [-0.2, -0.15) is 10.5 Å². The molecule has 1 aromatic carbocycles. The van der Waals surface area contributed by atoms with Crippen molar-refractivity contribution in [2.45, 2.75) is 13.8 Å². The van der Waals surface area contributed by atoms with Crippen LogP contribution in [0.15, 0.2) is 34.9 Å². The highest BCUT2D eigenvalue weighted by molar-refractivity contribution is 8.03. The zero-order valence-corrected chi connectivity index (χ0v) is 15.4. The summed E-state index contributed by atoms with van der Waals surface area (Å²) in [6, 6.07) is 11.0. The summed E-state index contributed by atoms with van der Waals surface area (Å²) in [5.41, 5.74) is -0.0980. The lowest BCUT2D eigenvalue weighted by Gasteiger charge is -2.34. The van der Waals surface area contributed by atoms with Crippen LogP contribution in [0.4, 0.5) is 5.69 Å². The van der Waals surface area contributed by atoms with Crippen LogP contribution in [0.25, 0.3) is 0 Å². The maximum atomic E-state index is 12.2. The van der Waals surface area contributed by atoms with Crippen LogP contribution >= 0.6 is 11.8 Å². The second kappa shape index (κ2) is 7.94. The molecule has 1 heterocycles. The summed E-state index contributed by atoms with van der Waals surface area (Å²) in [6.45, 7) is 3.35. The maximum Gasteiger partial charge on any atom is 0.243 e. The van der Waals surface area contributed by atoms with Crippen LogP contribution in [-0.4, -0.2) is 24.7 Å². The molecule has 0 aliphatic carbocycles. The van der Waals surface area contributed by atoms with Gasteiger partial charge in [-0.1, -0.05) is 37.7 Å². The number of benzene rings is 1. The molecule has 1 aliphatic rings. The van der Waals surface area contributed by atoms with E-state index in [2.05, 4.69) is 16.7 Å². The fourth-order valence-electron chi connectivity index (χ4n) is 2.61. The van der Waals surface area contributed by atoms with Crippen LogP contribution in [0, 0.1) is 34.0 Å². The Kier molecular flexibility index (Phi) is 5.91. The summed E-state index contributed by atoms with van der Waals surface area (Å²) in [7, 11) is 1.51. The number of carbonyl (C=O) groups is 2. The minimum Gasteiger partial charge on any atom is -0.495 e. The molecule has 0 saturated heterocycles. The van der Waals surface area contributed by atoms with E-state index in [0.29, 0.717) is 22.0 Å². The molecular formula is C18H18N4O3S. The van der Waals surface area contributed by atoms with E-state index in [1.807, 2.05) is 6.07 Å². The van der Waals surface area contributed by atoms with Crippen molar-refractivity contribution < 1.29 is 14.3 Å². The molecule has 0 saturated carbocycles. The van der Waals surface area contributed by atoms with Crippen molar-refractivity contribution in [2.75, 3.05) is 18.2 Å². The van der Waals surface area contributed by atoms with Crippen molar-refractivity contribution in [1.29, 1.82) is 10.5 Å². The number of nitrogens with one attached hydrogen (secondary N) is 2. The van der Waals surface area contributed by atoms with Crippen LogP contribution in [0.1, 0.15) is 13.8 Å². The van der Waals surface area contributed by atoms with Gasteiger partial charge in [0.2, 0.25) is 11.8 Å². The number of methoxy groups -OCH3 is 1. The quantitative estimate of drug-likeness (QED) is 0.822. The number of thioether (sulfide) groups is 1. The predicted molar refractivity (Wildman–Crippen MR) is 97.7 cm³/mol. The van der Waals surface area contributed by atoms with Gasteiger partial charge in [0.25, 0.3) is 0 Å². The molecule has 0 bridgehead atoms. The van der Waals surface area contributed by atoms with Crippen molar-refractivity contribution >= 4 is 29.3 Å². The molecule has 2 amide bonds. The Morgan fingerprint density at radius 2 is 2.08 bits per heavy atom. The molecule has 0 aromatic heterocycles. The lowest BCUT2D eigenvalue weighted by atomic mass is 9.72. The highest BCUT2D eigenvalue weighted by atomic mass is 32.2. The Balaban J connectivity index is 2.14. The van der Waals surface area contributed by atoms with Crippen molar-refractivity contribution in [3.05, 3.63) is 34.9 Å². The molecule has 2 rings (SSSR count). The van der Waals surface area contributed by atoms with Crippen LogP contribution in [-0.2, 0) is 9.59 Å². The fourth-order valence-corrected chi connectivity index (χ4v) is 3.58. The molecule has 7 nitrogen and oxygen atoms in total. The van der Waals surface area contributed by atoms with E-state index in [9.17, 15) is 20.1 Å². The third-order valence-corrected chi connectivity index (χ3v) is 5.06. The molecule has 1 atom stereocenters. The normalized spacial score (nSPS) is 18.3. The minimum absolute atomic E-state index is 0.00780. The monoisotopic (exact) mass is 370 g/mol. The number of ether oxygens (including phenoxy) is 1. The van der Waals surface area contributed by atoms with E-state index in [1.54, 1.807) is 38.1 Å². The van der Waals surface area contributed by atoms with Gasteiger partial charge in [0.15, 0.2) is 0 Å². The van der Waals surface area contributed by atoms with Gasteiger partial charge in [-0.15, -0.1) is 0 Å². The van der Waals surface area contributed by atoms with E-state index in [-0.39, 0.29) is 11.7 Å². The number of nitriles is 2. The second-order valence-electron chi connectivity index (χ2n) is 6.13. The first-order valence-electron chi connectivity index (χ1n) is 7.76. The SMILES string of the molecule is COc1ccccc1NC(=O)CSC1=C(C#N)C(C)(C)[C@@H](C#N)C(=O)N1. The van der Waals surface area contributed by atoms with Crippen molar-refractivity contribution in [1.82, 2.24) is 5.32 Å². The van der Waals surface area contributed by atoms with Crippen molar-refractivity contribution in [2.24, 2.45) is 11.3 Å². The second-order valence-corrected chi connectivity index (χ2v) is 7.11. The molecule has 134 valence electrons. The van der Waals surface area contributed by atoms with Gasteiger partial charge >= 0.3 is 0 Å². The molecule has 1 aromatic rings. The number of amides is 2. The van der Waals surface area contributed by atoms with Crippen LogP contribution < -0.4 is 15.4 Å². The van der Waals surface area contributed by atoms with E-state index < -0.39 is 17.2 Å². The number of carbonyl (C=O) groups excluding carboxylic acids is 2. The Labute approximate surface area is 156 Å². The average Bonchev–Trinajstić information content (AvgIpc) is 2.60. The predicted octanol–water partition coefficient (Wildman–Crippen LogP) is 2.40. The molecule has 2 N–H and O–H groups in total. The summed E-state index contributed by atoms with van der Waals surface area (Å²) >= 11 is 1.05. The highest BCUT2D eigenvalue weighted by Crippen LogP contribution is 2.41. The number of para-hydroxylation sites is 2. The molecule has 8 heteroatoms. The topological polar surface area (TPSA) is 115 Å². The molecule has 0 fully saturated rings. The largest absolute Gasteiger partial charge is 0.495 e. The maximum absolute atomic E-state index is 12.2. The summed E-state index contributed by atoms with van der Waals surface area (Å²) in [5.74, 6) is -1.20. The van der Waals surface area contributed by atoms with Gasteiger partial charge < -0.3 is 15.4 Å². The van der Waals surface area contributed by atoms with Crippen molar-refractivity contribution in [3.63, 3.8) is 0 Å². The number of nitrogens with zero attached hydrogens (tertiary/aromatic N) is 2. The Morgan fingerprint density at radius 1 is 1.38 bits per heavy atom. The first-order chi connectivity index (χ1) is 12.3. The number of rotatable bonds is 5. The number of hydrogen-bond donors (Lipinski definition) is 2. The third-order valence-electron chi connectivity index (χ3n) is 4.06. The summed E-state index contributed by atoms with van der Waals surface area (Å²) < 4.78 is 5.18. The van der Waals surface area contributed by atoms with E-state index in [1.165, 1.54) is 7.11 Å². The first kappa shape index (κ1) is 19.4. The summed E-state index contributed by atoms with van der Waals surface area (Å²) in [4.78, 5) is 24.3. The minimum atomic E-state index is -0.955. The number of hydrogen-bond acceptors (Lipinski definition) is 6. The molecular weight excluding hydrogens is 352 g/mol. The zero-order chi connectivity index (χ0) is 19.3. The number of allylic oxidation sites excluding steroid dienone is 1. The number of anilines is 1. The fraction of sp³-hybridized carbons (Fsp3) is 0.333. The van der Waals surface area contributed by atoms with Gasteiger partial charge in [-0.25, -0.2) is 0 Å². The smallest absolute Gasteiger partial charge is 0.243 e. The molecule has 0 spiro atoms. The van der Waals surface area contributed by atoms with Gasteiger partial charge in [-0.3, -0.25) is 9.59 Å². The Hall–Kier alpha value is -2.97. The third kappa shape index (κ3) is 3.81. The zero-order valence-electron chi connectivity index (χ0n) is 14.6. The molecule has 0 unspecified atom stereocenters. The lowest BCUT2D eigenvalue weighted by molar-refractivity contribution is -0.125. The standard InChI is InChI=1S/C18H18N4O3S/c1-18(2)11(8-19)16(24)22-17(12(18)9-20)26-10-15(23)21-13-6-4-5-7-14(13)25-3/h4-7,11H,10H2,1-3H3,(H,21,23)(H,22,24)/t11-/m0/s1. The Bertz CT molecular complexity index is 849. The van der Waals surface area contributed by atoms with E-state index >= 15 is 0 Å². The lowest BCUT2D eigenvalue weighted by Crippen LogP contribution is -2.44. The van der Waals surface area contributed by atoms with E-state index in [0.717, 1.165) is 11.8 Å². The van der Waals surface area contributed by atoms with Crippen LogP contribution in [0.5, 0.6) is 5.75 Å². The van der Waals surface area contributed by atoms with Crippen LogP contribution in [0.3, 0.4) is 0 Å². The van der Waals surface area contributed by atoms with E-state index in [4.69, 9.17) is 4.74 Å². The first-order valence-corrected chi connectivity index (χ1v) is 8.74. The molecule has 1 aliphatic heterocycles. The Morgan fingerprint density at radius 3 is 2.69 bits per heavy atom. The van der Waals surface area contributed by atoms with Gasteiger partial charge in [-0.05, 0) is 12.1 Å². The molecule has 26 heavy (non-hydrogen) atoms. The summed E-state index contributed by atoms with van der Waals surface area (Å²) in [6.07, 6.45) is 0.